The number of hydrogen-bond acceptors (Lipinski definition) is 4. The number of anilines is 2. The van der Waals surface area contributed by atoms with Gasteiger partial charge in [0.05, 0.1) is 0 Å². The van der Waals surface area contributed by atoms with Crippen LogP contribution >= 0.6 is 0 Å². The van der Waals surface area contributed by atoms with Gasteiger partial charge < -0.3 is 10.6 Å². The van der Waals surface area contributed by atoms with Crippen molar-refractivity contribution < 1.29 is 0 Å². The van der Waals surface area contributed by atoms with Crippen LogP contribution in [0.3, 0.4) is 0 Å². The Kier molecular flexibility index (Phi) is 2.50. The third-order valence-electron chi connectivity index (χ3n) is 2.90. The van der Waals surface area contributed by atoms with Crippen molar-refractivity contribution in [3.05, 3.63) is 12.1 Å². The van der Waals surface area contributed by atoms with E-state index in [9.17, 15) is 0 Å². The molecule has 0 spiro atoms. The van der Waals surface area contributed by atoms with E-state index in [-0.39, 0.29) is 0 Å². The average molecular weight is 206 g/mol. The van der Waals surface area contributed by atoms with Gasteiger partial charge in [-0.3, -0.25) is 0 Å². The molecule has 2 heterocycles. The molecule has 0 radical (unpaired) electrons. The van der Waals surface area contributed by atoms with E-state index in [0.717, 1.165) is 18.9 Å². The van der Waals surface area contributed by atoms with E-state index in [2.05, 4.69) is 28.9 Å². The SMILES string of the molecule is CC1(C)CCCN(c2ccc(N)nn2)C1. The van der Waals surface area contributed by atoms with Crippen molar-refractivity contribution in [3.8, 4) is 0 Å². The van der Waals surface area contributed by atoms with Crippen LogP contribution in [0.15, 0.2) is 12.1 Å². The number of rotatable bonds is 1. The van der Waals surface area contributed by atoms with Crippen LogP contribution in [0.1, 0.15) is 26.7 Å². The van der Waals surface area contributed by atoms with Crippen molar-refractivity contribution in [2.75, 3.05) is 23.7 Å². The quantitative estimate of drug-likeness (QED) is 0.759. The fourth-order valence-corrected chi connectivity index (χ4v) is 2.12. The summed E-state index contributed by atoms with van der Waals surface area (Å²) in [6.45, 7) is 6.71. The molecule has 2 N–H and O–H groups in total. The van der Waals surface area contributed by atoms with Gasteiger partial charge in [-0.25, -0.2) is 0 Å². The lowest BCUT2D eigenvalue weighted by molar-refractivity contribution is 0.292. The Hall–Kier alpha value is -1.32. The van der Waals surface area contributed by atoms with E-state index in [0.29, 0.717) is 11.2 Å². The van der Waals surface area contributed by atoms with E-state index in [1.54, 1.807) is 0 Å². The minimum absolute atomic E-state index is 0.376. The smallest absolute Gasteiger partial charge is 0.151 e. The summed E-state index contributed by atoms with van der Waals surface area (Å²) >= 11 is 0. The second-order valence-electron chi connectivity index (χ2n) is 5.01. The monoisotopic (exact) mass is 206 g/mol. The molecular weight excluding hydrogens is 188 g/mol. The average Bonchev–Trinajstić information content (AvgIpc) is 2.17. The summed E-state index contributed by atoms with van der Waals surface area (Å²) in [5.41, 5.74) is 5.89. The van der Waals surface area contributed by atoms with Crippen molar-refractivity contribution in [3.63, 3.8) is 0 Å². The molecule has 0 amide bonds. The van der Waals surface area contributed by atoms with E-state index in [1.165, 1.54) is 12.8 Å². The summed E-state index contributed by atoms with van der Waals surface area (Å²) in [6.07, 6.45) is 2.50. The molecule has 0 unspecified atom stereocenters. The van der Waals surface area contributed by atoms with Crippen LogP contribution < -0.4 is 10.6 Å². The van der Waals surface area contributed by atoms with Gasteiger partial charge in [-0.05, 0) is 30.4 Å². The first-order chi connectivity index (χ1) is 7.07. The zero-order chi connectivity index (χ0) is 10.9. The topological polar surface area (TPSA) is 55.0 Å². The molecule has 2 rings (SSSR count). The van der Waals surface area contributed by atoms with Crippen molar-refractivity contribution in [1.82, 2.24) is 10.2 Å². The van der Waals surface area contributed by atoms with E-state index < -0.39 is 0 Å². The van der Waals surface area contributed by atoms with Gasteiger partial charge in [0.25, 0.3) is 0 Å². The predicted octanol–water partition coefficient (Wildman–Crippen LogP) is 1.69. The number of piperidine rings is 1. The highest BCUT2D eigenvalue weighted by molar-refractivity contribution is 5.41. The normalized spacial score (nSPS) is 20.3. The highest BCUT2D eigenvalue weighted by atomic mass is 15.3. The highest BCUT2D eigenvalue weighted by Crippen LogP contribution is 2.30. The molecule has 82 valence electrons. The standard InChI is InChI=1S/C11H18N4/c1-11(2)6-3-7-15(8-11)10-5-4-9(12)13-14-10/h4-5H,3,6-8H2,1-2H3,(H2,12,13). The van der Waals surface area contributed by atoms with E-state index in [4.69, 9.17) is 5.73 Å². The van der Waals surface area contributed by atoms with Crippen LogP contribution in [0, 0.1) is 5.41 Å². The van der Waals surface area contributed by atoms with Gasteiger partial charge in [-0.2, -0.15) is 0 Å². The highest BCUT2D eigenvalue weighted by Gasteiger charge is 2.26. The molecule has 1 aliphatic heterocycles. The summed E-state index contributed by atoms with van der Waals surface area (Å²) in [7, 11) is 0. The first-order valence-corrected chi connectivity index (χ1v) is 5.41. The van der Waals surface area contributed by atoms with Crippen molar-refractivity contribution in [2.45, 2.75) is 26.7 Å². The minimum atomic E-state index is 0.376. The number of nitrogens with two attached hydrogens (primary N) is 1. The number of nitrogen functional groups attached to an aromatic ring is 1. The van der Waals surface area contributed by atoms with Crippen molar-refractivity contribution >= 4 is 11.6 Å². The van der Waals surface area contributed by atoms with Crippen LogP contribution in [-0.2, 0) is 0 Å². The molecule has 0 bridgehead atoms. The zero-order valence-electron chi connectivity index (χ0n) is 9.40. The van der Waals surface area contributed by atoms with Crippen LogP contribution in [0.5, 0.6) is 0 Å². The Morgan fingerprint density at radius 1 is 1.33 bits per heavy atom. The van der Waals surface area contributed by atoms with Crippen LogP contribution in [-0.4, -0.2) is 23.3 Å². The lowest BCUT2D eigenvalue weighted by atomic mass is 9.84. The molecular formula is C11H18N4. The van der Waals surface area contributed by atoms with Gasteiger partial charge >= 0.3 is 0 Å². The Morgan fingerprint density at radius 3 is 2.73 bits per heavy atom. The second-order valence-corrected chi connectivity index (χ2v) is 5.01. The predicted molar refractivity (Wildman–Crippen MR) is 61.7 cm³/mol. The number of aromatic nitrogens is 2. The molecule has 1 aliphatic rings. The Morgan fingerprint density at radius 2 is 2.13 bits per heavy atom. The van der Waals surface area contributed by atoms with Gasteiger partial charge in [0.2, 0.25) is 0 Å². The molecule has 1 saturated heterocycles. The summed E-state index contributed by atoms with van der Waals surface area (Å²) in [5.74, 6) is 1.42. The molecule has 1 fully saturated rings. The van der Waals surface area contributed by atoms with Crippen LogP contribution in [0.25, 0.3) is 0 Å². The van der Waals surface area contributed by atoms with Crippen molar-refractivity contribution in [1.29, 1.82) is 0 Å². The lowest BCUT2D eigenvalue weighted by Crippen LogP contribution is -2.40. The number of hydrogen-bond donors (Lipinski definition) is 1. The van der Waals surface area contributed by atoms with E-state index in [1.807, 2.05) is 12.1 Å². The summed E-state index contributed by atoms with van der Waals surface area (Å²) in [6, 6.07) is 3.76. The summed E-state index contributed by atoms with van der Waals surface area (Å²) in [4.78, 5) is 2.29. The zero-order valence-corrected chi connectivity index (χ0v) is 9.40. The van der Waals surface area contributed by atoms with E-state index >= 15 is 0 Å². The summed E-state index contributed by atoms with van der Waals surface area (Å²) in [5, 5.41) is 8.01. The molecule has 0 aliphatic carbocycles. The maximum atomic E-state index is 5.52. The third kappa shape index (κ3) is 2.37. The maximum Gasteiger partial charge on any atom is 0.151 e. The van der Waals surface area contributed by atoms with Gasteiger partial charge in [-0.15, -0.1) is 10.2 Å². The number of nitrogens with zero attached hydrogens (tertiary/aromatic N) is 3. The van der Waals surface area contributed by atoms with Crippen molar-refractivity contribution in [2.24, 2.45) is 5.41 Å². The maximum absolute atomic E-state index is 5.52. The van der Waals surface area contributed by atoms with Gasteiger partial charge in [0.15, 0.2) is 5.82 Å². The Balaban J connectivity index is 2.13. The van der Waals surface area contributed by atoms with Crippen LogP contribution in [0.4, 0.5) is 11.6 Å². The molecule has 4 nitrogen and oxygen atoms in total. The molecule has 0 atom stereocenters. The first-order valence-electron chi connectivity index (χ1n) is 5.41. The molecule has 15 heavy (non-hydrogen) atoms. The molecule has 0 aromatic carbocycles. The Bertz CT molecular complexity index is 331. The fourth-order valence-electron chi connectivity index (χ4n) is 2.12. The largest absolute Gasteiger partial charge is 0.382 e. The van der Waals surface area contributed by atoms with Gasteiger partial charge in [-0.1, -0.05) is 13.8 Å². The molecule has 4 heteroatoms. The lowest BCUT2D eigenvalue weighted by Gasteiger charge is -2.38. The molecule has 1 aromatic heterocycles. The van der Waals surface area contributed by atoms with Gasteiger partial charge in [0, 0.05) is 13.1 Å². The second kappa shape index (κ2) is 3.68. The molecule has 0 saturated carbocycles. The Labute approximate surface area is 90.5 Å². The van der Waals surface area contributed by atoms with Crippen LogP contribution in [0.2, 0.25) is 0 Å². The van der Waals surface area contributed by atoms with Gasteiger partial charge in [0.1, 0.15) is 5.82 Å². The minimum Gasteiger partial charge on any atom is -0.382 e. The fraction of sp³-hybridized carbons (Fsp3) is 0.636. The third-order valence-corrected chi connectivity index (χ3v) is 2.90. The molecule has 1 aromatic rings. The first kappa shape index (κ1) is 10.2. The summed E-state index contributed by atoms with van der Waals surface area (Å²) < 4.78 is 0.